The topological polar surface area (TPSA) is 35.5 Å². The number of rotatable bonds is 4. The zero-order chi connectivity index (χ0) is 13.9. The molecule has 1 atom stereocenters. The van der Waals surface area contributed by atoms with Gasteiger partial charge in [0.25, 0.3) is 0 Å². The van der Waals surface area contributed by atoms with Crippen molar-refractivity contribution in [3.63, 3.8) is 0 Å². The number of para-hydroxylation sites is 1. The first-order valence-electron chi connectivity index (χ1n) is 6.85. The Morgan fingerprint density at radius 3 is 2.65 bits per heavy atom. The van der Waals surface area contributed by atoms with Crippen molar-refractivity contribution < 1.29 is 14.3 Å². The van der Waals surface area contributed by atoms with Crippen molar-refractivity contribution >= 4 is 5.78 Å². The molecule has 0 radical (unpaired) electrons. The highest BCUT2D eigenvalue weighted by Gasteiger charge is 2.31. The summed E-state index contributed by atoms with van der Waals surface area (Å²) in [6, 6.07) is 14.9. The number of ether oxygens (including phenoxy) is 2. The van der Waals surface area contributed by atoms with Gasteiger partial charge in [0.1, 0.15) is 17.2 Å². The molecule has 0 fully saturated rings. The molecule has 2 aromatic carbocycles. The van der Waals surface area contributed by atoms with Gasteiger partial charge in [-0.2, -0.15) is 0 Å². The summed E-state index contributed by atoms with van der Waals surface area (Å²) in [6.07, 6.45) is 1.35. The first kappa shape index (κ1) is 12.7. The van der Waals surface area contributed by atoms with Crippen LogP contribution in [0.5, 0.6) is 17.2 Å². The second-order valence-corrected chi connectivity index (χ2v) is 4.83. The van der Waals surface area contributed by atoms with Crippen molar-refractivity contribution in [3.8, 4) is 17.2 Å². The van der Waals surface area contributed by atoms with Crippen molar-refractivity contribution in [1.82, 2.24) is 0 Å². The summed E-state index contributed by atoms with van der Waals surface area (Å²) in [6.45, 7) is 2.05. The van der Waals surface area contributed by atoms with Crippen LogP contribution in [0, 0.1) is 0 Å². The molecule has 3 heteroatoms. The van der Waals surface area contributed by atoms with Gasteiger partial charge in [0.2, 0.25) is 5.78 Å². The van der Waals surface area contributed by atoms with Gasteiger partial charge in [0, 0.05) is 0 Å². The second-order valence-electron chi connectivity index (χ2n) is 4.83. The molecule has 3 rings (SSSR count). The highest BCUT2D eigenvalue weighted by Crippen LogP contribution is 2.34. The highest BCUT2D eigenvalue weighted by atomic mass is 16.5. The number of hydrogen-bond acceptors (Lipinski definition) is 3. The molecule has 0 saturated heterocycles. The minimum absolute atomic E-state index is 0.0559. The summed E-state index contributed by atoms with van der Waals surface area (Å²) >= 11 is 0. The first-order valence-corrected chi connectivity index (χ1v) is 6.85. The van der Waals surface area contributed by atoms with Gasteiger partial charge in [0.05, 0.1) is 5.56 Å². The number of ketones is 1. The molecule has 0 spiro atoms. The number of fused-ring (bicyclic) bond motifs is 1. The lowest BCUT2D eigenvalue weighted by molar-refractivity contribution is 0.0845. The maximum Gasteiger partial charge on any atom is 0.207 e. The zero-order valence-electron chi connectivity index (χ0n) is 11.3. The highest BCUT2D eigenvalue weighted by molar-refractivity contribution is 6.04. The normalized spacial score (nSPS) is 16.6. The lowest BCUT2D eigenvalue weighted by Crippen LogP contribution is -2.19. The molecular weight excluding hydrogens is 252 g/mol. The predicted molar refractivity (Wildman–Crippen MR) is 76.6 cm³/mol. The Morgan fingerprint density at radius 1 is 1.10 bits per heavy atom. The van der Waals surface area contributed by atoms with Crippen molar-refractivity contribution in [2.75, 3.05) is 0 Å². The standard InChI is InChI=1S/C17H16O3/c1-2-6-16-17(18)14-11-13(9-10-15(14)20-16)19-12-7-4-3-5-8-12/h3-5,7-11,16H,2,6H2,1H3. The third kappa shape index (κ3) is 2.39. The van der Waals surface area contributed by atoms with Gasteiger partial charge in [-0.1, -0.05) is 31.5 Å². The van der Waals surface area contributed by atoms with Crippen LogP contribution in [0.3, 0.4) is 0 Å². The first-order chi connectivity index (χ1) is 9.78. The Labute approximate surface area is 118 Å². The van der Waals surface area contributed by atoms with E-state index in [9.17, 15) is 4.79 Å². The number of carbonyl (C=O) groups is 1. The van der Waals surface area contributed by atoms with Gasteiger partial charge < -0.3 is 9.47 Å². The van der Waals surface area contributed by atoms with Crippen molar-refractivity contribution in [2.45, 2.75) is 25.9 Å². The molecule has 0 bridgehead atoms. The van der Waals surface area contributed by atoms with E-state index in [1.54, 1.807) is 12.1 Å². The Hall–Kier alpha value is -2.29. The largest absolute Gasteiger partial charge is 0.482 e. The van der Waals surface area contributed by atoms with E-state index in [-0.39, 0.29) is 11.9 Å². The number of benzene rings is 2. The van der Waals surface area contributed by atoms with Crippen molar-refractivity contribution in [2.24, 2.45) is 0 Å². The molecular formula is C17H16O3. The Kier molecular flexibility index (Phi) is 3.42. The molecule has 0 aromatic heterocycles. The Balaban J connectivity index is 1.83. The molecule has 0 amide bonds. The summed E-state index contributed by atoms with van der Waals surface area (Å²) < 4.78 is 11.4. The summed E-state index contributed by atoms with van der Waals surface area (Å²) in [5.41, 5.74) is 0.622. The molecule has 0 aliphatic carbocycles. The molecule has 3 nitrogen and oxygen atoms in total. The van der Waals surface area contributed by atoms with Crippen LogP contribution in [0.2, 0.25) is 0 Å². The van der Waals surface area contributed by atoms with Crippen LogP contribution in [-0.2, 0) is 0 Å². The van der Waals surface area contributed by atoms with Gasteiger partial charge in [0.15, 0.2) is 6.10 Å². The lowest BCUT2D eigenvalue weighted by atomic mass is 10.1. The molecule has 0 N–H and O–H groups in total. The van der Waals surface area contributed by atoms with Crippen LogP contribution in [0.1, 0.15) is 30.1 Å². The van der Waals surface area contributed by atoms with E-state index < -0.39 is 0 Å². The Bertz CT molecular complexity index is 619. The van der Waals surface area contributed by atoms with Crippen LogP contribution < -0.4 is 9.47 Å². The van der Waals surface area contributed by atoms with E-state index in [0.717, 1.165) is 18.6 Å². The van der Waals surface area contributed by atoms with Gasteiger partial charge in [-0.05, 0) is 36.8 Å². The monoisotopic (exact) mass is 268 g/mol. The van der Waals surface area contributed by atoms with Gasteiger partial charge >= 0.3 is 0 Å². The maximum atomic E-state index is 12.2. The molecule has 2 aromatic rings. The molecule has 102 valence electrons. The smallest absolute Gasteiger partial charge is 0.207 e. The predicted octanol–water partition coefficient (Wildman–Crippen LogP) is 4.22. The van der Waals surface area contributed by atoms with E-state index in [1.165, 1.54) is 0 Å². The molecule has 1 heterocycles. The van der Waals surface area contributed by atoms with Crippen LogP contribution in [0.4, 0.5) is 0 Å². The van der Waals surface area contributed by atoms with E-state index >= 15 is 0 Å². The third-order valence-electron chi connectivity index (χ3n) is 3.31. The fourth-order valence-corrected chi connectivity index (χ4v) is 2.32. The fraction of sp³-hybridized carbons (Fsp3) is 0.235. The SMILES string of the molecule is CCCC1Oc2ccc(Oc3ccccc3)cc2C1=O. The van der Waals surface area contributed by atoms with Crippen LogP contribution in [0.15, 0.2) is 48.5 Å². The third-order valence-corrected chi connectivity index (χ3v) is 3.31. The van der Waals surface area contributed by atoms with E-state index in [2.05, 4.69) is 0 Å². The average molecular weight is 268 g/mol. The zero-order valence-corrected chi connectivity index (χ0v) is 11.3. The van der Waals surface area contributed by atoms with Crippen molar-refractivity contribution in [1.29, 1.82) is 0 Å². The van der Waals surface area contributed by atoms with Gasteiger partial charge in [-0.25, -0.2) is 0 Å². The molecule has 0 saturated carbocycles. The van der Waals surface area contributed by atoms with Crippen LogP contribution in [0.25, 0.3) is 0 Å². The minimum atomic E-state index is -0.332. The Morgan fingerprint density at radius 2 is 1.90 bits per heavy atom. The van der Waals surface area contributed by atoms with Gasteiger partial charge in [-0.15, -0.1) is 0 Å². The summed E-state index contributed by atoms with van der Waals surface area (Å²) in [5, 5.41) is 0. The van der Waals surface area contributed by atoms with E-state index in [1.807, 2.05) is 43.3 Å². The number of carbonyl (C=O) groups excluding carboxylic acids is 1. The molecule has 20 heavy (non-hydrogen) atoms. The summed E-state index contributed by atoms with van der Waals surface area (Å²) in [7, 11) is 0. The fourth-order valence-electron chi connectivity index (χ4n) is 2.32. The van der Waals surface area contributed by atoms with Gasteiger partial charge in [-0.3, -0.25) is 4.79 Å². The maximum absolute atomic E-state index is 12.2. The van der Waals surface area contributed by atoms with E-state index in [4.69, 9.17) is 9.47 Å². The lowest BCUT2D eigenvalue weighted by Gasteiger charge is -2.07. The van der Waals surface area contributed by atoms with Crippen LogP contribution in [-0.4, -0.2) is 11.9 Å². The van der Waals surface area contributed by atoms with Crippen molar-refractivity contribution in [3.05, 3.63) is 54.1 Å². The van der Waals surface area contributed by atoms with Crippen LogP contribution >= 0.6 is 0 Å². The molecule has 1 aliphatic heterocycles. The quantitative estimate of drug-likeness (QED) is 0.832. The van der Waals surface area contributed by atoms with E-state index in [0.29, 0.717) is 17.1 Å². The summed E-state index contributed by atoms with van der Waals surface area (Å²) in [5.74, 6) is 2.13. The average Bonchev–Trinajstić information content (AvgIpc) is 2.77. The summed E-state index contributed by atoms with van der Waals surface area (Å²) in [4.78, 5) is 12.2. The number of Topliss-reactive ketones (excluding diaryl/α,β-unsaturated/α-hetero) is 1. The minimum Gasteiger partial charge on any atom is -0.482 e. The molecule has 1 aliphatic rings. The number of hydrogen-bond donors (Lipinski definition) is 0. The second kappa shape index (κ2) is 5.37. The molecule has 1 unspecified atom stereocenters.